The Balaban J connectivity index is 2.01. The Morgan fingerprint density at radius 3 is 2.07 bits per heavy atom. The van der Waals surface area contributed by atoms with Crippen molar-refractivity contribution in [3.05, 3.63) is 73.3 Å². The second-order valence-corrected chi connectivity index (χ2v) is 13.1. The van der Waals surface area contributed by atoms with Crippen LogP contribution in [0.25, 0.3) is 0 Å². The van der Waals surface area contributed by atoms with Gasteiger partial charge in [-0.3, -0.25) is 4.99 Å². The van der Waals surface area contributed by atoms with Crippen LogP contribution in [0.3, 0.4) is 0 Å². The number of nitrogens with zero attached hydrogens (tertiary/aromatic N) is 1. The summed E-state index contributed by atoms with van der Waals surface area (Å²) in [6, 6.07) is 21.8. The van der Waals surface area contributed by atoms with E-state index in [1.54, 1.807) is 0 Å². The van der Waals surface area contributed by atoms with Crippen molar-refractivity contribution in [3.8, 4) is 0 Å². The number of rotatable bonds is 7. The third-order valence-corrected chi connectivity index (χ3v) is 10.9. The minimum atomic E-state index is -2.46. The summed E-state index contributed by atoms with van der Waals surface area (Å²) in [5.74, 6) is 1.03. The molecule has 0 aromatic heterocycles. The van der Waals surface area contributed by atoms with E-state index in [1.165, 1.54) is 10.4 Å². The average molecular weight is 392 g/mol. The molecule has 2 atom stereocenters. The summed E-state index contributed by atoms with van der Waals surface area (Å²) in [4.78, 5) is 4.58. The zero-order chi connectivity index (χ0) is 20.0. The van der Waals surface area contributed by atoms with E-state index in [0.717, 1.165) is 26.0 Å². The highest BCUT2D eigenvalue weighted by Gasteiger charge is 2.50. The molecule has 0 fully saturated rings. The lowest BCUT2D eigenvalue weighted by molar-refractivity contribution is 0.188. The number of allylic oxidation sites excluding steroid dienone is 1. The number of aliphatic imine (C=N–C) groups is 1. The number of hydrogen-bond donors (Lipinski definition) is 0. The van der Waals surface area contributed by atoms with Gasteiger partial charge in [-0.25, -0.2) is 0 Å². The van der Waals surface area contributed by atoms with Crippen LogP contribution in [0, 0.1) is 11.8 Å². The zero-order valence-corrected chi connectivity index (χ0v) is 18.5. The minimum Gasteiger partial charge on any atom is -0.407 e. The summed E-state index contributed by atoms with van der Waals surface area (Å²) >= 11 is 0. The Labute approximate surface area is 171 Å². The Bertz CT molecular complexity index is 740. The van der Waals surface area contributed by atoms with Crippen molar-refractivity contribution < 1.29 is 4.43 Å². The lowest BCUT2D eigenvalue weighted by Gasteiger charge is -2.44. The molecule has 0 spiro atoms. The first-order valence-electron chi connectivity index (χ1n) is 10.3. The van der Waals surface area contributed by atoms with Crippen LogP contribution in [0.4, 0.5) is 0 Å². The molecule has 1 heterocycles. The smallest absolute Gasteiger partial charge is 0.261 e. The van der Waals surface area contributed by atoms with Gasteiger partial charge in [0, 0.05) is 19.1 Å². The molecule has 0 aliphatic carbocycles. The van der Waals surface area contributed by atoms with Crippen molar-refractivity contribution in [2.45, 2.75) is 38.7 Å². The normalized spacial score (nSPS) is 20.1. The molecule has 2 aromatic rings. The summed E-state index contributed by atoms with van der Waals surface area (Å²) < 4.78 is 7.11. The fraction of sp³-hybridized carbons (Fsp3) is 0.400. The maximum absolute atomic E-state index is 7.11. The minimum absolute atomic E-state index is 0.0155. The van der Waals surface area contributed by atoms with E-state index in [0.29, 0.717) is 11.8 Å². The monoisotopic (exact) mass is 391 g/mol. The molecule has 28 heavy (non-hydrogen) atoms. The summed E-state index contributed by atoms with van der Waals surface area (Å²) in [6.07, 6.45) is 6.18. The second-order valence-electron chi connectivity index (χ2n) is 8.80. The van der Waals surface area contributed by atoms with E-state index < -0.39 is 8.32 Å². The Kier molecular flexibility index (Phi) is 6.68. The quantitative estimate of drug-likeness (QED) is 0.488. The summed E-state index contributed by atoms with van der Waals surface area (Å²) in [5, 5.41) is 2.70. The van der Waals surface area contributed by atoms with Crippen LogP contribution in [-0.2, 0) is 4.43 Å². The highest BCUT2D eigenvalue weighted by molar-refractivity contribution is 6.99. The van der Waals surface area contributed by atoms with Gasteiger partial charge < -0.3 is 4.43 Å². The Hall–Kier alpha value is -1.97. The number of benzene rings is 2. The highest BCUT2D eigenvalue weighted by Crippen LogP contribution is 2.37. The fourth-order valence-corrected chi connectivity index (χ4v) is 9.07. The molecule has 2 aromatic carbocycles. The Morgan fingerprint density at radius 1 is 1.00 bits per heavy atom. The second kappa shape index (κ2) is 9.02. The third-order valence-electron chi connectivity index (χ3n) is 5.94. The molecule has 0 N–H and O–H groups in total. The van der Waals surface area contributed by atoms with E-state index >= 15 is 0 Å². The first-order valence-corrected chi connectivity index (χ1v) is 12.2. The van der Waals surface area contributed by atoms with Gasteiger partial charge in [-0.2, -0.15) is 0 Å². The SMILES string of the molecule is C=CC[C@H]1CC=NC[C@@H]1CO[Si](c1ccccc1)(c1ccccc1)C(C)(C)C. The molecule has 0 unspecified atom stereocenters. The molecular weight excluding hydrogens is 358 g/mol. The molecule has 0 saturated carbocycles. The molecule has 148 valence electrons. The van der Waals surface area contributed by atoms with E-state index in [1.807, 2.05) is 6.08 Å². The first-order chi connectivity index (χ1) is 13.5. The van der Waals surface area contributed by atoms with Crippen molar-refractivity contribution in [2.75, 3.05) is 13.2 Å². The van der Waals surface area contributed by atoms with Gasteiger partial charge in [0.15, 0.2) is 0 Å². The topological polar surface area (TPSA) is 21.6 Å². The van der Waals surface area contributed by atoms with Crippen LogP contribution in [0.2, 0.25) is 5.04 Å². The maximum atomic E-state index is 7.11. The molecular formula is C25H33NOSi. The summed E-state index contributed by atoms with van der Waals surface area (Å²) in [7, 11) is -2.46. The average Bonchev–Trinajstić information content (AvgIpc) is 2.70. The van der Waals surface area contributed by atoms with Gasteiger partial charge in [0.2, 0.25) is 0 Å². The van der Waals surface area contributed by atoms with E-state index in [-0.39, 0.29) is 5.04 Å². The largest absolute Gasteiger partial charge is 0.407 e. The van der Waals surface area contributed by atoms with Gasteiger partial charge in [0.05, 0.1) is 0 Å². The van der Waals surface area contributed by atoms with Gasteiger partial charge in [-0.1, -0.05) is 87.5 Å². The molecule has 1 aliphatic heterocycles. The van der Waals surface area contributed by atoms with Gasteiger partial charge >= 0.3 is 0 Å². The van der Waals surface area contributed by atoms with Gasteiger partial charge in [-0.15, -0.1) is 6.58 Å². The van der Waals surface area contributed by atoms with Crippen molar-refractivity contribution in [1.82, 2.24) is 0 Å². The zero-order valence-electron chi connectivity index (χ0n) is 17.5. The van der Waals surface area contributed by atoms with Crippen LogP contribution in [0.5, 0.6) is 0 Å². The van der Waals surface area contributed by atoms with Crippen molar-refractivity contribution in [3.63, 3.8) is 0 Å². The lowest BCUT2D eigenvalue weighted by Crippen LogP contribution is -2.67. The van der Waals surface area contributed by atoms with Crippen molar-refractivity contribution >= 4 is 24.9 Å². The van der Waals surface area contributed by atoms with E-state index in [4.69, 9.17) is 4.43 Å². The van der Waals surface area contributed by atoms with Crippen molar-refractivity contribution in [1.29, 1.82) is 0 Å². The van der Waals surface area contributed by atoms with Crippen LogP contribution in [-0.4, -0.2) is 27.7 Å². The van der Waals surface area contributed by atoms with Crippen LogP contribution < -0.4 is 10.4 Å². The molecule has 0 bridgehead atoms. The molecule has 3 heteroatoms. The van der Waals surface area contributed by atoms with Crippen LogP contribution in [0.15, 0.2) is 78.3 Å². The molecule has 1 aliphatic rings. The summed E-state index contributed by atoms with van der Waals surface area (Å²) in [6.45, 7) is 12.6. The fourth-order valence-electron chi connectivity index (χ4n) is 4.45. The van der Waals surface area contributed by atoms with Crippen LogP contribution in [0.1, 0.15) is 33.6 Å². The highest BCUT2D eigenvalue weighted by atomic mass is 28.4. The number of hydrogen-bond acceptors (Lipinski definition) is 2. The van der Waals surface area contributed by atoms with E-state index in [9.17, 15) is 0 Å². The predicted octanol–water partition coefficient (Wildman–Crippen LogP) is 4.85. The van der Waals surface area contributed by atoms with Crippen LogP contribution >= 0.6 is 0 Å². The van der Waals surface area contributed by atoms with Gasteiger partial charge in [-0.05, 0) is 40.4 Å². The molecule has 0 saturated heterocycles. The molecule has 3 rings (SSSR count). The first kappa shape index (κ1) is 20.8. The van der Waals surface area contributed by atoms with Gasteiger partial charge in [0.25, 0.3) is 8.32 Å². The predicted molar refractivity (Wildman–Crippen MR) is 123 cm³/mol. The Morgan fingerprint density at radius 2 is 1.57 bits per heavy atom. The third kappa shape index (κ3) is 4.21. The van der Waals surface area contributed by atoms with Gasteiger partial charge in [0.1, 0.15) is 0 Å². The molecule has 0 radical (unpaired) electrons. The maximum Gasteiger partial charge on any atom is 0.261 e. The van der Waals surface area contributed by atoms with Crippen molar-refractivity contribution in [2.24, 2.45) is 16.8 Å². The molecule has 0 amide bonds. The summed E-state index contributed by atoms with van der Waals surface area (Å²) in [5.41, 5.74) is 0. The van der Waals surface area contributed by atoms with E-state index in [2.05, 4.69) is 99.2 Å². The molecule has 2 nitrogen and oxygen atoms in total. The lowest BCUT2D eigenvalue weighted by atomic mass is 9.86. The standard InChI is InChI=1S/C25H33NOSi/c1-5-12-21-17-18-26-19-22(21)20-27-28(25(2,3)4,23-13-8-6-9-14-23)24-15-10-7-11-16-24/h5-11,13-16,18,21-22H,1,12,17,19-20H2,2-4H3/t21-,22+/m0/s1.